The minimum absolute atomic E-state index is 0.343. The van der Waals surface area contributed by atoms with Gasteiger partial charge in [-0.3, -0.25) is 0 Å². The molecule has 0 bridgehead atoms. The molecule has 0 saturated carbocycles. The summed E-state index contributed by atoms with van der Waals surface area (Å²) in [6, 6.07) is 1.90. The van der Waals surface area contributed by atoms with E-state index in [0.29, 0.717) is 13.0 Å². The molecule has 0 aromatic carbocycles. The Kier molecular flexibility index (Phi) is 4.63. The molecule has 1 aromatic heterocycles. The van der Waals surface area contributed by atoms with Gasteiger partial charge in [-0.05, 0) is 24.5 Å². The minimum Gasteiger partial charge on any atom is -0.449 e. The topological polar surface area (TPSA) is 63.6 Å². The molecule has 0 unspecified atom stereocenters. The van der Waals surface area contributed by atoms with Crippen LogP contribution in [0.2, 0.25) is 0 Å². The van der Waals surface area contributed by atoms with E-state index in [0.717, 1.165) is 4.88 Å². The first kappa shape index (κ1) is 10.6. The van der Waals surface area contributed by atoms with E-state index in [1.165, 1.54) is 11.5 Å². The smallest absolute Gasteiger partial charge is 0.427 e. The number of aromatic nitrogens is 1. The first-order valence-corrected chi connectivity index (χ1v) is 4.94. The molecule has 1 N–H and O–H groups in total. The third-order valence-corrected chi connectivity index (χ3v) is 2.07. The Hall–Kier alpha value is -1.43. The lowest BCUT2D eigenvalue weighted by Crippen LogP contribution is -2.18. The molecule has 1 aromatic rings. The molecule has 5 nitrogen and oxygen atoms in total. The average Bonchev–Trinajstić information content (AvgIpc) is 2.65. The number of amides is 1. The van der Waals surface area contributed by atoms with Crippen LogP contribution in [0.3, 0.4) is 0 Å². The summed E-state index contributed by atoms with van der Waals surface area (Å²) in [7, 11) is 0. The van der Waals surface area contributed by atoms with Gasteiger partial charge in [0.2, 0.25) is 0 Å². The maximum absolute atomic E-state index is 10.7. The van der Waals surface area contributed by atoms with Crippen molar-refractivity contribution in [3.63, 3.8) is 0 Å². The van der Waals surface area contributed by atoms with Gasteiger partial charge < -0.3 is 4.74 Å². The molecule has 0 fully saturated rings. The minimum atomic E-state index is -0.534. The van der Waals surface area contributed by atoms with E-state index < -0.39 is 6.09 Å². The van der Waals surface area contributed by atoms with Crippen LogP contribution < -0.4 is 5.43 Å². The van der Waals surface area contributed by atoms with Crippen LogP contribution in [-0.4, -0.2) is 23.3 Å². The van der Waals surface area contributed by atoms with Crippen molar-refractivity contribution >= 4 is 23.8 Å². The van der Waals surface area contributed by atoms with Gasteiger partial charge in [-0.15, -0.1) is 0 Å². The fraction of sp³-hybridized carbons (Fsp3) is 0.375. The molecule has 1 heterocycles. The number of hydrogen-bond acceptors (Lipinski definition) is 5. The largest absolute Gasteiger partial charge is 0.449 e. The highest BCUT2D eigenvalue weighted by atomic mass is 32.1. The molecule has 0 aliphatic rings. The summed E-state index contributed by atoms with van der Waals surface area (Å²) in [6.07, 6.45) is 3.46. The van der Waals surface area contributed by atoms with Gasteiger partial charge >= 0.3 is 6.09 Å². The van der Waals surface area contributed by atoms with Crippen LogP contribution >= 0.6 is 11.5 Å². The van der Waals surface area contributed by atoms with Gasteiger partial charge in [0, 0.05) is 23.7 Å². The second-order valence-electron chi connectivity index (χ2n) is 2.33. The molecule has 0 saturated heterocycles. The van der Waals surface area contributed by atoms with Crippen LogP contribution in [-0.2, 0) is 11.2 Å². The van der Waals surface area contributed by atoms with Crippen LogP contribution in [0, 0.1) is 0 Å². The Bertz CT molecular complexity index is 298. The molecule has 1 rings (SSSR count). The van der Waals surface area contributed by atoms with Crippen LogP contribution in [0.5, 0.6) is 0 Å². The lowest BCUT2D eigenvalue weighted by molar-refractivity contribution is 0.152. The Morgan fingerprint density at radius 3 is 3.36 bits per heavy atom. The number of carbonyl (C=O) groups excluding carboxylic acids is 1. The van der Waals surface area contributed by atoms with Gasteiger partial charge in [-0.1, -0.05) is 0 Å². The molecule has 0 atom stereocenters. The maximum Gasteiger partial charge on any atom is 0.427 e. The Morgan fingerprint density at radius 1 is 1.86 bits per heavy atom. The number of rotatable bonds is 4. The van der Waals surface area contributed by atoms with E-state index in [9.17, 15) is 4.79 Å². The van der Waals surface area contributed by atoms with Gasteiger partial charge in [0.1, 0.15) is 0 Å². The summed E-state index contributed by atoms with van der Waals surface area (Å²) >= 11 is 1.41. The molecule has 6 heteroatoms. The SMILES string of the molecule is CCOC(=O)N/N=C/Cc1ccns1. The summed E-state index contributed by atoms with van der Waals surface area (Å²) in [6.45, 7) is 2.08. The number of nitrogens with zero attached hydrogens (tertiary/aromatic N) is 2. The van der Waals surface area contributed by atoms with E-state index in [1.807, 2.05) is 6.07 Å². The van der Waals surface area contributed by atoms with Gasteiger partial charge in [0.25, 0.3) is 0 Å². The number of hydrogen-bond donors (Lipinski definition) is 1. The van der Waals surface area contributed by atoms with Crippen molar-refractivity contribution in [1.29, 1.82) is 0 Å². The number of hydrazone groups is 1. The fourth-order valence-corrected chi connectivity index (χ4v) is 1.27. The van der Waals surface area contributed by atoms with Gasteiger partial charge in [0.05, 0.1) is 6.61 Å². The lowest BCUT2D eigenvalue weighted by atomic mass is 10.4. The molecule has 0 spiro atoms. The normalized spacial score (nSPS) is 10.4. The van der Waals surface area contributed by atoms with E-state index in [4.69, 9.17) is 0 Å². The van der Waals surface area contributed by atoms with Crippen LogP contribution in [0.25, 0.3) is 0 Å². The summed E-state index contributed by atoms with van der Waals surface area (Å²) < 4.78 is 8.54. The highest BCUT2D eigenvalue weighted by Crippen LogP contribution is 2.02. The van der Waals surface area contributed by atoms with Gasteiger partial charge in [0.15, 0.2) is 0 Å². The quantitative estimate of drug-likeness (QED) is 0.607. The Morgan fingerprint density at radius 2 is 2.71 bits per heavy atom. The van der Waals surface area contributed by atoms with Crippen LogP contribution in [0.15, 0.2) is 17.4 Å². The molecule has 0 aliphatic carbocycles. The second-order valence-corrected chi connectivity index (χ2v) is 3.24. The zero-order valence-electron chi connectivity index (χ0n) is 7.77. The third kappa shape index (κ3) is 3.99. The number of carbonyl (C=O) groups is 1. The average molecular weight is 213 g/mol. The summed E-state index contributed by atoms with van der Waals surface area (Å²) in [5.41, 5.74) is 2.24. The summed E-state index contributed by atoms with van der Waals surface area (Å²) in [5, 5.41) is 3.69. The second kappa shape index (κ2) is 6.09. The molecular weight excluding hydrogens is 202 g/mol. The van der Waals surface area contributed by atoms with Crippen LogP contribution in [0.1, 0.15) is 11.8 Å². The third-order valence-electron chi connectivity index (χ3n) is 1.31. The van der Waals surface area contributed by atoms with Crippen molar-refractivity contribution in [2.75, 3.05) is 6.61 Å². The van der Waals surface area contributed by atoms with E-state index >= 15 is 0 Å². The standard InChI is InChI=1S/C8H11N3O2S/c1-2-13-8(12)11-9-5-3-7-4-6-10-14-7/h4-6H,2-3H2,1H3,(H,11,12)/b9-5+. The van der Waals surface area contributed by atoms with E-state index in [2.05, 4.69) is 19.6 Å². The Balaban J connectivity index is 2.18. The van der Waals surface area contributed by atoms with Crippen molar-refractivity contribution in [2.45, 2.75) is 13.3 Å². The zero-order valence-corrected chi connectivity index (χ0v) is 8.58. The first-order valence-electron chi connectivity index (χ1n) is 4.16. The molecule has 0 radical (unpaired) electrons. The van der Waals surface area contributed by atoms with Crippen LogP contribution in [0.4, 0.5) is 4.79 Å². The van der Waals surface area contributed by atoms with Crippen molar-refractivity contribution in [2.24, 2.45) is 5.10 Å². The van der Waals surface area contributed by atoms with Crippen molar-refractivity contribution in [3.8, 4) is 0 Å². The van der Waals surface area contributed by atoms with E-state index in [1.54, 1.807) is 19.3 Å². The zero-order chi connectivity index (χ0) is 10.2. The highest BCUT2D eigenvalue weighted by Gasteiger charge is 1.95. The summed E-state index contributed by atoms with van der Waals surface area (Å²) in [5.74, 6) is 0. The van der Waals surface area contributed by atoms with Crippen molar-refractivity contribution in [3.05, 3.63) is 17.1 Å². The highest BCUT2D eigenvalue weighted by molar-refractivity contribution is 7.05. The van der Waals surface area contributed by atoms with Crippen molar-refractivity contribution in [1.82, 2.24) is 9.80 Å². The monoisotopic (exact) mass is 213 g/mol. The van der Waals surface area contributed by atoms with Crippen molar-refractivity contribution < 1.29 is 9.53 Å². The summed E-state index contributed by atoms with van der Waals surface area (Å²) in [4.78, 5) is 11.8. The lowest BCUT2D eigenvalue weighted by Gasteiger charge is -1.97. The number of ether oxygens (including phenoxy) is 1. The molecular formula is C8H11N3O2S. The fourth-order valence-electron chi connectivity index (χ4n) is 0.745. The molecule has 0 aliphatic heterocycles. The predicted octanol–water partition coefficient (Wildman–Crippen LogP) is 1.42. The van der Waals surface area contributed by atoms with E-state index in [-0.39, 0.29) is 0 Å². The molecule has 1 amide bonds. The molecule has 76 valence electrons. The van der Waals surface area contributed by atoms with Gasteiger partial charge in [-0.25, -0.2) is 14.6 Å². The number of nitrogens with one attached hydrogen (secondary N) is 1. The maximum atomic E-state index is 10.7. The van der Waals surface area contributed by atoms with Gasteiger partial charge in [-0.2, -0.15) is 5.10 Å². The predicted molar refractivity (Wildman–Crippen MR) is 54.5 cm³/mol. The first-order chi connectivity index (χ1) is 6.83. The Labute approximate surface area is 85.9 Å². The molecule has 14 heavy (non-hydrogen) atoms.